The van der Waals surface area contributed by atoms with Gasteiger partial charge in [-0.05, 0) is 37.3 Å². The van der Waals surface area contributed by atoms with Gasteiger partial charge in [0.2, 0.25) is 0 Å². The fraction of sp³-hybridized carbons (Fsp3) is 0.500. The Labute approximate surface area is 62.9 Å². The van der Waals surface area contributed by atoms with Crippen molar-refractivity contribution in [1.82, 2.24) is 0 Å². The van der Waals surface area contributed by atoms with Crippen LogP contribution in [0.25, 0.3) is 0 Å². The first-order valence-corrected chi connectivity index (χ1v) is 3.99. The predicted molar refractivity (Wildman–Crippen MR) is 44.9 cm³/mol. The van der Waals surface area contributed by atoms with Crippen molar-refractivity contribution in [3.05, 3.63) is 30.0 Å². The highest BCUT2D eigenvalue weighted by molar-refractivity contribution is 5.08. The molecule has 1 rings (SSSR count). The molecule has 0 radical (unpaired) electrons. The summed E-state index contributed by atoms with van der Waals surface area (Å²) in [4.78, 5) is 0. The van der Waals surface area contributed by atoms with Crippen LogP contribution in [0.3, 0.4) is 0 Å². The Morgan fingerprint density at radius 3 is 2.50 bits per heavy atom. The maximum absolute atomic E-state index is 3.61. The molecule has 0 unspecified atom stereocenters. The summed E-state index contributed by atoms with van der Waals surface area (Å²) in [5, 5.41) is 0. The maximum Gasteiger partial charge on any atom is -0.0206 e. The third-order valence-corrected chi connectivity index (χ3v) is 1.86. The molecule has 0 nitrogen and oxygen atoms in total. The third kappa shape index (κ3) is 2.24. The second-order valence-electron chi connectivity index (χ2n) is 2.71. The summed E-state index contributed by atoms with van der Waals surface area (Å²) in [7, 11) is 0. The molecule has 0 heterocycles. The van der Waals surface area contributed by atoms with Gasteiger partial charge < -0.3 is 0 Å². The second-order valence-corrected chi connectivity index (χ2v) is 2.71. The van der Waals surface area contributed by atoms with Crippen molar-refractivity contribution in [3.8, 4) is 0 Å². The standard InChI is InChI=1S/C10H14/c1-2-3-7-10-8-5-4-6-9-10/h2-3H,1,4-6,8-9H2. The molecule has 0 heteroatoms. The first-order valence-electron chi connectivity index (χ1n) is 3.99. The van der Waals surface area contributed by atoms with E-state index in [9.17, 15) is 0 Å². The third-order valence-electron chi connectivity index (χ3n) is 1.86. The van der Waals surface area contributed by atoms with E-state index in [-0.39, 0.29) is 0 Å². The Kier molecular flexibility index (Phi) is 3.05. The van der Waals surface area contributed by atoms with Crippen molar-refractivity contribution in [2.24, 2.45) is 0 Å². The first-order chi connectivity index (χ1) is 4.93. The highest BCUT2D eigenvalue weighted by Crippen LogP contribution is 2.21. The molecule has 1 saturated carbocycles. The van der Waals surface area contributed by atoms with Gasteiger partial charge in [-0.15, -0.1) is 5.73 Å². The van der Waals surface area contributed by atoms with Crippen molar-refractivity contribution in [2.75, 3.05) is 0 Å². The van der Waals surface area contributed by atoms with Gasteiger partial charge in [0.25, 0.3) is 0 Å². The number of hydrogen-bond donors (Lipinski definition) is 0. The molecule has 0 aliphatic heterocycles. The van der Waals surface area contributed by atoms with E-state index in [0.717, 1.165) is 0 Å². The average Bonchev–Trinajstić information content (AvgIpc) is 2.03. The van der Waals surface area contributed by atoms with Crippen LogP contribution < -0.4 is 0 Å². The van der Waals surface area contributed by atoms with Gasteiger partial charge in [0.15, 0.2) is 0 Å². The first kappa shape index (κ1) is 7.37. The van der Waals surface area contributed by atoms with Gasteiger partial charge in [-0.1, -0.05) is 19.1 Å². The molecule has 0 aromatic carbocycles. The summed E-state index contributed by atoms with van der Waals surface area (Å²) in [6.45, 7) is 3.61. The molecule has 10 heavy (non-hydrogen) atoms. The average molecular weight is 134 g/mol. The van der Waals surface area contributed by atoms with E-state index < -0.39 is 0 Å². The van der Waals surface area contributed by atoms with E-state index in [0.29, 0.717) is 0 Å². The van der Waals surface area contributed by atoms with Crippen LogP contribution in [0, 0.1) is 0 Å². The highest BCUT2D eigenvalue weighted by Gasteiger charge is 2.02. The van der Waals surface area contributed by atoms with Crippen LogP contribution in [0.5, 0.6) is 0 Å². The Hall–Kier alpha value is -0.740. The van der Waals surface area contributed by atoms with Gasteiger partial charge in [0.05, 0.1) is 0 Å². The molecule has 0 atom stereocenters. The fourth-order valence-corrected chi connectivity index (χ4v) is 1.30. The predicted octanol–water partition coefficient (Wildman–Crippen LogP) is 3.22. The zero-order valence-corrected chi connectivity index (χ0v) is 6.40. The van der Waals surface area contributed by atoms with Gasteiger partial charge >= 0.3 is 0 Å². The monoisotopic (exact) mass is 134 g/mol. The van der Waals surface area contributed by atoms with Crippen LogP contribution in [-0.2, 0) is 0 Å². The van der Waals surface area contributed by atoms with E-state index in [4.69, 9.17) is 0 Å². The molecular formula is C10H14. The Balaban J connectivity index is 2.52. The number of allylic oxidation sites excluding steroid dienone is 2. The Morgan fingerprint density at radius 2 is 1.90 bits per heavy atom. The molecular weight excluding hydrogens is 120 g/mol. The lowest BCUT2D eigenvalue weighted by Crippen LogP contribution is -1.91. The Morgan fingerprint density at radius 1 is 1.20 bits per heavy atom. The minimum Gasteiger partial charge on any atom is -0.122 e. The fourth-order valence-electron chi connectivity index (χ4n) is 1.30. The molecule has 0 N–H and O–H groups in total. The normalized spacial score (nSPS) is 17.8. The minimum absolute atomic E-state index is 1.25. The zero-order chi connectivity index (χ0) is 7.23. The van der Waals surface area contributed by atoms with Gasteiger partial charge in [0.1, 0.15) is 0 Å². The Bertz CT molecular complexity index is 160. The maximum atomic E-state index is 3.61. The zero-order valence-electron chi connectivity index (χ0n) is 6.40. The van der Waals surface area contributed by atoms with Crippen molar-refractivity contribution in [1.29, 1.82) is 0 Å². The molecule has 0 aromatic heterocycles. The summed E-state index contributed by atoms with van der Waals surface area (Å²) < 4.78 is 0. The molecule has 0 spiro atoms. The number of rotatable bonds is 1. The molecule has 54 valence electrons. The largest absolute Gasteiger partial charge is 0.122 e. The molecule has 0 amide bonds. The lowest BCUT2D eigenvalue weighted by atomic mass is 9.96. The summed E-state index contributed by atoms with van der Waals surface area (Å²) in [5.41, 5.74) is 4.72. The van der Waals surface area contributed by atoms with Crippen molar-refractivity contribution < 1.29 is 0 Å². The van der Waals surface area contributed by atoms with Crippen LogP contribution in [0.1, 0.15) is 32.1 Å². The van der Waals surface area contributed by atoms with E-state index in [1.165, 1.54) is 37.7 Å². The lowest BCUT2D eigenvalue weighted by molar-refractivity contribution is 0.600. The van der Waals surface area contributed by atoms with Crippen LogP contribution in [-0.4, -0.2) is 0 Å². The smallest absolute Gasteiger partial charge is 0.0206 e. The quantitative estimate of drug-likeness (QED) is 0.381. The van der Waals surface area contributed by atoms with Gasteiger partial charge in [0, 0.05) is 0 Å². The molecule has 1 fully saturated rings. The van der Waals surface area contributed by atoms with E-state index >= 15 is 0 Å². The number of hydrogen-bond acceptors (Lipinski definition) is 0. The second kappa shape index (κ2) is 4.14. The van der Waals surface area contributed by atoms with Gasteiger partial charge in [-0.25, -0.2) is 0 Å². The van der Waals surface area contributed by atoms with Crippen molar-refractivity contribution >= 4 is 0 Å². The van der Waals surface area contributed by atoms with E-state index in [1.807, 2.05) is 6.08 Å². The van der Waals surface area contributed by atoms with Crippen LogP contribution in [0.4, 0.5) is 0 Å². The van der Waals surface area contributed by atoms with Gasteiger partial charge in [-0.3, -0.25) is 0 Å². The highest BCUT2D eigenvalue weighted by atomic mass is 14.1. The summed E-state index contributed by atoms with van der Waals surface area (Å²) in [6.07, 6.45) is 10.3. The molecule has 1 aliphatic rings. The van der Waals surface area contributed by atoms with Crippen LogP contribution >= 0.6 is 0 Å². The summed E-state index contributed by atoms with van der Waals surface area (Å²) >= 11 is 0. The molecule has 0 bridgehead atoms. The van der Waals surface area contributed by atoms with Crippen molar-refractivity contribution in [3.63, 3.8) is 0 Å². The summed E-state index contributed by atoms with van der Waals surface area (Å²) in [6, 6.07) is 0. The van der Waals surface area contributed by atoms with Crippen LogP contribution in [0.15, 0.2) is 30.0 Å². The van der Waals surface area contributed by atoms with E-state index in [2.05, 4.69) is 12.3 Å². The topological polar surface area (TPSA) is 0 Å². The van der Waals surface area contributed by atoms with Crippen molar-refractivity contribution in [2.45, 2.75) is 32.1 Å². The lowest BCUT2D eigenvalue weighted by Gasteiger charge is -2.09. The molecule has 0 aromatic rings. The minimum atomic E-state index is 1.25. The SMILES string of the molecule is C=CC=C=C1CCCCC1. The molecule has 0 saturated heterocycles. The van der Waals surface area contributed by atoms with Crippen LogP contribution in [0.2, 0.25) is 0 Å². The van der Waals surface area contributed by atoms with E-state index in [1.54, 1.807) is 6.08 Å². The van der Waals surface area contributed by atoms with Gasteiger partial charge in [-0.2, -0.15) is 0 Å². The molecule has 1 aliphatic carbocycles. The summed E-state index contributed by atoms with van der Waals surface area (Å²) in [5.74, 6) is 0.